The molecule has 0 aliphatic rings. The third-order valence-electron chi connectivity index (χ3n) is 28.7. The van der Waals surface area contributed by atoms with E-state index in [1.54, 1.807) is 0 Å². The highest BCUT2D eigenvalue weighted by atomic mass is 32.1. The number of para-hydroxylation sites is 3. The first-order valence-corrected chi connectivity index (χ1v) is 52.8. The van der Waals surface area contributed by atoms with Gasteiger partial charge in [-0.25, -0.2) is 0 Å². The van der Waals surface area contributed by atoms with Crippen LogP contribution in [0.5, 0.6) is 0 Å². The number of aryl methyl sites for hydroxylation is 2. The molecule has 4 aromatic heterocycles. The summed E-state index contributed by atoms with van der Waals surface area (Å²) in [6.07, 6.45) is 1.73. The number of rotatable bonds is 23. The first-order valence-electron chi connectivity index (χ1n) is 49.5. The molecule has 26 rings (SSSR count). The van der Waals surface area contributed by atoms with E-state index in [4.69, 9.17) is 0 Å². The molecule has 0 saturated heterocycles. The van der Waals surface area contributed by atoms with Crippen LogP contribution in [0.3, 0.4) is 0 Å². The highest BCUT2D eigenvalue weighted by Gasteiger charge is 2.26. The number of thiophene rings is 4. The molecule has 0 fully saturated rings. The second kappa shape index (κ2) is 37.5. The summed E-state index contributed by atoms with van der Waals surface area (Å²) < 4.78 is 10.4. The van der Waals surface area contributed by atoms with Gasteiger partial charge in [0.1, 0.15) is 0 Å². The van der Waals surface area contributed by atoms with Gasteiger partial charge < -0.3 is 19.6 Å². The van der Waals surface area contributed by atoms with Gasteiger partial charge in [0, 0.05) is 155 Å². The van der Waals surface area contributed by atoms with Crippen LogP contribution in [0, 0.1) is 0 Å². The zero-order chi connectivity index (χ0) is 95.7. The van der Waals surface area contributed by atoms with Gasteiger partial charge in [-0.15, -0.1) is 45.3 Å². The maximum Gasteiger partial charge on any atom is 0.0467 e. The van der Waals surface area contributed by atoms with Crippen LogP contribution in [-0.2, 0) is 12.8 Å². The number of anilines is 12. The molecule has 0 unspecified atom stereocenters. The van der Waals surface area contributed by atoms with E-state index in [2.05, 4.69) is 543 Å². The summed E-state index contributed by atoms with van der Waals surface area (Å²) in [5, 5.41) is 10.4. The van der Waals surface area contributed by atoms with Gasteiger partial charge in [0.15, 0.2) is 0 Å². The molecular formula is C136H94N4S4. The quantitative estimate of drug-likeness (QED) is 0.0633. The Labute approximate surface area is 854 Å². The third kappa shape index (κ3) is 16.1. The van der Waals surface area contributed by atoms with E-state index in [1.807, 2.05) is 45.3 Å². The molecule has 8 heteroatoms. The number of hydrogen-bond donors (Lipinski definition) is 0. The average molecular weight is 1910 g/mol. The minimum Gasteiger partial charge on any atom is -0.311 e. The van der Waals surface area contributed by atoms with Gasteiger partial charge in [0.2, 0.25) is 0 Å². The lowest BCUT2D eigenvalue weighted by Gasteiger charge is -2.28. The summed E-state index contributed by atoms with van der Waals surface area (Å²) in [5.41, 5.74) is 37.1. The Kier molecular flexibility index (Phi) is 22.7. The second-order valence-corrected chi connectivity index (χ2v) is 41.3. The molecule has 0 aliphatic heterocycles. The lowest BCUT2D eigenvalue weighted by molar-refractivity contribution is 1.11. The van der Waals surface area contributed by atoms with Crippen molar-refractivity contribution in [1.29, 1.82) is 0 Å². The van der Waals surface area contributed by atoms with E-state index in [0.717, 1.165) is 120 Å². The molecule has 0 radical (unpaired) electrons. The van der Waals surface area contributed by atoms with Crippen molar-refractivity contribution in [2.24, 2.45) is 0 Å². The van der Waals surface area contributed by atoms with Gasteiger partial charge in [-0.2, -0.15) is 0 Å². The third-order valence-corrected chi connectivity index (χ3v) is 33.6. The van der Waals surface area contributed by atoms with Gasteiger partial charge in [-0.05, 0) is 301 Å². The molecule has 26 aromatic rings. The van der Waals surface area contributed by atoms with Gasteiger partial charge in [-0.3, -0.25) is 0 Å². The smallest absolute Gasteiger partial charge is 0.0467 e. The topological polar surface area (TPSA) is 13.0 Å². The Morgan fingerprint density at radius 2 is 0.368 bits per heavy atom. The van der Waals surface area contributed by atoms with Crippen LogP contribution in [-0.4, -0.2) is 0 Å². The molecule has 4 heterocycles. The van der Waals surface area contributed by atoms with E-state index >= 15 is 0 Å². The predicted octanol–water partition coefficient (Wildman–Crippen LogP) is 41.2. The fourth-order valence-electron chi connectivity index (χ4n) is 21.5. The van der Waals surface area contributed by atoms with Crippen LogP contribution in [0.1, 0.15) is 25.0 Å². The van der Waals surface area contributed by atoms with Gasteiger partial charge in [-0.1, -0.05) is 341 Å². The molecule has 0 saturated carbocycles. The molecule has 4 nitrogen and oxygen atoms in total. The number of hydrogen-bond acceptors (Lipinski definition) is 8. The molecule has 0 atom stereocenters. The number of nitrogens with zero attached hydrogens (tertiary/aromatic N) is 4. The van der Waals surface area contributed by atoms with Crippen LogP contribution in [0.25, 0.3) is 181 Å². The normalized spacial score (nSPS) is 11.6. The van der Waals surface area contributed by atoms with Crippen molar-refractivity contribution < 1.29 is 0 Å². The highest BCUT2D eigenvalue weighted by Crippen LogP contribution is 2.52. The summed E-state index contributed by atoms with van der Waals surface area (Å²) >= 11 is 7.51. The summed E-state index contributed by atoms with van der Waals surface area (Å²) in [5.74, 6) is 0. The van der Waals surface area contributed by atoms with Gasteiger partial charge in [0.05, 0.1) is 0 Å². The Bertz CT molecular complexity index is 9290. The number of benzene rings is 22. The summed E-state index contributed by atoms with van der Waals surface area (Å²) in [6.45, 7) is 4.59. The van der Waals surface area contributed by atoms with E-state index in [9.17, 15) is 0 Å². The Balaban J connectivity index is 0.513. The maximum absolute atomic E-state index is 2.44. The van der Waals surface area contributed by atoms with Crippen LogP contribution in [0.4, 0.5) is 68.2 Å². The summed E-state index contributed by atoms with van der Waals surface area (Å²) in [7, 11) is 0. The monoisotopic (exact) mass is 1910 g/mol. The molecule has 0 N–H and O–H groups in total. The molecular weight excluding hydrogens is 1820 g/mol. The SMILES string of the molecule is CCc1cc(N(c2ccccc2)c2ccc(-c3cccc4c3sc3ccccc34)cc2)ccc1-c1ccc(N(c2ccccc2)c2ccc(-c3cc(-c4cccc(N(c5ccc(-c6ccc(-c7cccc8c7sc7ccccc78)cc6)cc5)c5ccc(-c6ccc(N(c7ccccc7)c7ccc(-c8ccc(-c9cccc%10c9sc9ccccc9%10)cc8)cc7)cc6)cc5)c4)cc4c3sc3ccccc34)cc2)cc1CC. The van der Waals surface area contributed by atoms with E-state index in [1.165, 1.54) is 153 Å². The van der Waals surface area contributed by atoms with Crippen LogP contribution >= 0.6 is 45.3 Å². The Hall–Kier alpha value is -17.1. The maximum atomic E-state index is 2.44. The molecule has 0 aliphatic carbocycles. The van der Waals surface area contributed by atoms with Crippen LogP contribution in [0.2, 0.25) is 0 Å². The van der Waals surface area contributed by atoms with Crippen molar-refractivity contribution in [2.75, 3.05) is 19.6 Å². The fourth-order valence-corrected chi connectivity index (χ4v) is 26.4. The van der Waals surface area contributed by atoms with Crippen molar-refractivity contribution in [3.05, 3.63) is 521 Å². The van der Waals surface area contributed by atoms with Crippen molar-refractivity contribution in [1.82, 2.24) is 0 Å². The standard InChI is InChI=1S/C136H94N4S4/c1-3-89-84-113(138(104-29-10-6-11-30-104)110-76-64-99(65-77-110)119-40-25-43-126-122-36-16-20-46-131(122)143-135(119)126)80-82-115(89)116-83-81-114(85-90(116)4-2)139(105-31-12-7-13-32-105)111-78-66-100(67-79-111)127-87-102(88-128-123-37-17-21-47-132(123)144-136(127)128)101-26-22-33-112(86-101)140(108-72-60-94(61-73-108)92-50-54-98(55-51-92)118-39-24-42-125-121-35-15-19-45-130(121)142-134(118)125)109-74-62-96(63-75-109)95-58-70-107(71-59-95)137(103-27-8-5-9-28-103)106-68-56-93(57-69-106)91-48-52-97(53-49-91)117-38-23-41-124-120-34-14-18-44-129(120)141-133(117)124/h5-88H,3-4H2,1-2H3. The zero-order valence-electron chi connectivity index (χ0n) is 79.3. The second-order valence-electron chi connectivity index (χ2n) is 37.1. The lowest BCUT2D eigenvalue weighted by Crippen LogP contribution is -2.11. The minimum absolute atomic E-state index is 0.857. The predicted molar refractivity (Wildman–Crippen MR) is 624 cm³/mol. The van der Waals surface area contributed by atoms with Crippen LogP contribution in [0.15, 0.2) is 510 Å². The van der Waals surface area contributed by atoms with Gasteiger partial charge >= 0.3 is 0 Å². The average Bonchev–Trinajstić information content (AvgIpc) is 1.62. The molecule has 144 heavy (non-hydrogen) atoms. The highest BCUT2D eigenvalue weighted by molar-refractivity contribution is 7.27. The molecule has 0 bridgehead atoms. The van der Waals surface area contributed by atoms with Gasteiger partial charge in [0.25, 0.3) is 0 Å². The first-order chi connectivity index (χ1) is 71.3. The fraction of sp³-hybridized carbons (Fsp3) is 0.0294. The van der Waals surface area contributed by atoms with Crippen molar-refractivity contribution in [2.45, 2.75) is 26.7 Å². The number of fused-ring (bicyclic) bond motifs is 12. The van der Waals surface area contributed by atoms with E-state index in [-0.39, 0.29) is 0 Å². The molecule has 0 spiro atoms. The van der Waals surface area contributed by atoms with E-state index in [0.29, 0.717) is 0 Å². The molecule has 22 aromatic carbocycles. The van der Waals surface area contributed by atoms with E-state index < -0.39 is 0 Å². The minimum atomic E-state index is 0.857. The van der Waals surface area contributed by atoms with Crippen molar-refractivity contribution in [3.8, 4) is 100 Å². The summed E-state index contributed by atoms with van der Waals surface area (Å²) in [4.78, 5) is 9.60. The lowest BCUT2D eigenvalue weighted by atomic mass is 9.91. The first kappa shape index (κ1) is 87.2. The zero-order valence-corrected chi connectivity index (χ0v) is 82.6. The Morgan fingerprint density at radius 1 is 0.139 bits per heavy atom. The summed E-state index contributed by atoms with van der Waals surface area (Å²) in [6, 6.07) is 189. The Morgan fingerprint density at radius 3 is 0.694 bits per heavy atom. The van der Waals surface area contributed by atoms with Crippen molar-refractivity contribution in [3.63, 3.8) is 0 Å². The molecule has 0 amide bonds. The van der Waals surface area contributed by atoms with Crippen molar-refractivity contribution >= 4 is 194 Å². The van der Waals surface area contributed by atoms with Crippen LogP contribution < -0.4 is 19.6 Å². The largest absolute Gasteiger partial charge is 0.311 e. The molecule has 682 valence electrons.